The Morgan fingerprint density at radius 3 is 2.32 bits per heavy atom. The molecule has 37 heavy (non-hydrogen) atoms. The van der Waals surface area contributed by atoms with Crippen LogP contribution in [0.1, 0.15) is 34.6 Å². The molecule has 4 aromatic carbocycles. The molecule has 1 unspecified atom stereocenters. The van der Waals surface area contributed by atoms with E-state index in [1.54, 1.807) is 19.1 Å². The number of nitrogens with one attached hydrogen (secondary N) is 1. The van der Waals surface area contributed by atoms with E-state index >= 15 is 0 Å². The summed E-state index contributed by atoms with van der Waals surface area (Å²) in [4.78, 5) is 24.1. The summed E-state index contributed by atoms with van der Waals surface area (Å²) in [5.41, 5.74) is 4.79. The van der Waals surface area contributed by atoms with E-state index in [1.165, 1.54) is 0 Å². The van der Waals surface area contributed by atoms with Gasteiger partial charge in [-0.25, -0.2) is 9.59 Å². The minimum absolute atomic E-state index is 0.275. The lowest BCUT2D eigenvalue weighted by Gasteiger charge is -2.14. The molecule has 0 radical (unpaired) electrons. The fourth-order valence-corrected chi connectivity index (χ4v) is 4.26. The quantitative estimate of drug-likeness (QED) is 0.255. The first-order valence-electron chi connectivity index (χ1n) is 11.8. The highest BCUT2D eigenvalue weighted by molar-refractivity contribution is 6.04. The first-order chi connectivity index (χ1) is 17.9. The lowest BCUT2D eigenvalue weighted by atomic mass is 9.97. The Hall–Kier alpha value is -4.91. The molecule has 0 aliphatic heterocycles. The predicted molar refractivity (Wildman–Crippen MR) is 142 cm³/mol. The lowest BCUT2D eigenvalue weighted by molar-refractivity contribution is 0.0699. The van der Waals surface area contributed by atoms with Gasteiger partial charge in [-0.2, -0.15) is 0 Å². The molecule has 7 nitrogen and oxygen atoms in total. The smallest absolute Gasteiger partial charge is 0.412 e. The third-order valence-electron chi connectivity index (χ3n) is 6.23. The number of aromatic carboxylic acids is 1. The highest BCUT2D eigenvalue weighted by Gasteiger charge is 2.20. The summed E-state index contributed by atoms with van der Waals surface area (Å²) in [6.45, 7) is 3.56. The van der Waals surface area contributed by atoms with Crippen LogP contribution < -0.4 is 5.32 Å². The van der Waals surface area contributed by atoms with Gasteiger partial charge in [0.2, 0.25) is 0 Å². The normalized spacial score (nSPS) is 11.7. The summed E-state index contributed by atoms with van der Waals surface area (Å²) in [5.74, 6) is -0.522. The average molecular weight is 493 g/mol. The maximum atomic E-state index is 12.6. The number of carbonyl (C=O) groups excluding carboxylic acids is 1. The molecule has 0 aliphatic carbocycles. The van der Waals surface area contributed by atoms with Crippen LogP contribution >= 0.6 is 0 Å². The number of amides is 1. The van der Waals surface area contributed by atoms with Crippen LogP contribution in [0.3, 0.4) is 0 Å². The molecule has 1 atom stereocenters. The van der Waals surface area contributed by atoms with Gasteiger partial charge in [-0.15, -0.1) is 0 Å². The number of carboxylic acid groups (broad SMARTS) is 1. The number of ether oxygens (including phenoxy) is 1. The van der Waals surface area contributed by atoms with Crippen molar-refractivity contribution >= 4 is 28.5 Å². The molecular formula is C30H24N2O5. The summed E-state index contributed by atoms with van der Waals surface area (Å²) < 4.78 is 11.1. The van der Waals surface area contributed by atoms with E-state index in [2.05, 4.69) is 10.5 Å². The number of carbonyl (C=O) groups is 2. The molecule has 1 aromatic heterocycles. The van der Waals surface area contributed by atoms with Gasteiger partial charge in [-0.05, 0) is 53.4 Å². The molecule has 2 N–H and O–H groups in total. The van der Waals surface area contributed by atoms with Gasteiger partial charge in [0.1, 0.15) is 17.5 Å². The summed E-state index contributed by atoms with van der Waals surface area (Å²) in [5, 5.41) is 17.8. The van der Waals surface area contributed by atoms with E-state index in [9.17, 15) is 14.7 Å². The third kappa shape index (κ3) is 4.92. The molecule has 0 bridgehead atoms. The van der Waals surface area contributed by atoms with Crippen LogP contribution in [-0.4, -0.2) is 22.3 Å². The van der Waals surface area contributed by atoms with Crippen molar-refractivity contribution in [2.45, 2.75) is 20.0 Å². The standard InChI is InChI=1S/C30H24N2O5/c1-18-27(31-30(35)36-19(2)20-7-4-3-5-8-20)28(37-32-18)22-13-11-21(12-14-22)23-15-16-25-24(17-23)9-6-10-26(25)29(33)34/h3-17,19H,1-2H3,(H,31,35)(H,33,34). The van der Waals surface area contributed by atoms with Crippen molar-refractivity contribution < 1.29 is 24.0 Å². The Kier molecular flexibility index (Phi) is 6.43. The molecule has 5 aromatic rings. The van der Waals surface area contributed by atoms with Gasteiger partial charge in [0, 0.05) is 5.56 Å². The third-order valence-corrected chi connectivity index (χ3v) is 6.23. The molecule has 1 amide bonds. The number of carboxylic acids is 1. The van der Waals surface area contributed by atoms with Gasteiger partial charge >= 0.3 is 12.1 Å². The average Bonchev–Trinajstić information content (AvgIpc) is 3.28. The Morgan fingerprint density at radius 1 is 0.892 bits per heavy atom. The maximum absolute atomic E-state index is 12.6. The second-order valence-electron chi connectivity index (χ2n) is 8.68. The predicted octanol–water partition coefficient (Wildman–Crippen LogP) is 7.48. The molecule has 0 spiro atoms. The first-order valence-corrected chi connectivity index (χ1v) is 11.8. The zero-order chi connectivity index (χ0) is 25.9. The largest absolute Gasteiger partial charge is 0.478 e. The van der Waals surface area contributed by atoms with Crippen molar-refractivity contribution in [2.24, 2.45) is 0 Å². The van der Waals surface area contributed by atoms with E-state index in [-0.39, 0.29) is 5.56 Å². The monoisotopic (exact) mass is 492 g/mol. The van der Waals surface area contributed by atoms with Gasteiger partial charge in [0.05, 0.1) is 5.56 Å². The molecule has 0 fully saturated rings. The highest BCUT2D eigenvalue weighted by Crippen LogP contribution is 2.34. The van der Waals surface area contributed by atoms with Gasteiger partial charge < -0.3 is 14.4 Å². The fourth-order valence-electron chi connectivity index (χ4n) is 4.26. The fraction of sp³-hybridized carbons (Fsp3) is 0.100. The molecule has 7 heteroatoms. The van der Waals surface area contributed by atoms with Gasteiger partial charge in [-0.3, -0.25) is 5.32 Å². The van der Waals surface area contributed by atoms with E-state index in [0.29, 0.717) is 22.5 Å². The van der Waals surface area contributed by atoms with E-state index < -0.39 is 18.2 Å². The maximum Gasteiger partial charge on any atom is 0.412 e. The summed E-state index contributed by atoms with van der Waals surface area (Å²) >= 11 is 0. The number of anilines is 1. The van der Waals surface area contributed by atoms with Gasteiger partial charge in [0.15, 0.2) is 5.76 Å². The number of aryl methyl sites for hydroxylation is 1. The van der Waals surface area contributed by atoms with E-state index in [0.717, 1.165) is 27.6 Å². The van der Waals surface area contributed by atoms with Crippen molar-refractivity contribution in [1.29, 1.82) is 0 Å². The molecular weight excluding hydrogens is 468 g/mol. The molecule has 0 saturated carbocycles. The van der Waals surface area contributed by atoms with Crippen LogP contribution in [-0.2, 0) is 4.74 Å². The summed E-state index contributed by atoms with van der Waals surface area (Å²) in [6.07, 6.45) is -1.02. The molecule has 0 aliphatic rings. The second kappa shape index (κ2) is 9.99. The van der Waals surface area contributed by atoms with Crippen LogP contribution in [0.2, 0.25) is 0 Å². The zero-order valence-electron chi connectivity index (χ0n) is 20.3. The van der Waals surface area contributed by atoms with E-state index in [1.807, 2.05) is 85.8 Å². The van der Waals surface area contributed by atoms with Crippen molar-refractivity contribution in [1.82, 2.24) is 5.16 Å². The summed E-state index contributed by atoms with van der Waals surface area (Å²) in [6, 6.07) is 28.1. The Morgan fingerprint density at radius 2 is 1.59 bits per heavy atom. The molecule has 184 valence electrons. The summed E-state index contributed by atoms with van der Waals surface area (Å²) in [7, 11) is 0. The highest BCUT2D eigenvalue weighted by atomic mass is 16.6. The minimum atomic E-state index is -0.951. The van der Waals surface area contributed by atoms with Crippen molar-refractivity contribution in [2.75, 3.05) is 5.32 Å². The number of hydrogen-bond acceptors (Lipinski definition) is 5. The Balaban J connectivity index is 1.36. The van der Waals surface area contributed by atoms with Crippen molar-refractivity contribution in [3.05, 3.63) is 108 Å². The van der Waals surface area contributed by atoms with Crippen LogP contribution in [0, 0.1) is 6.92 Å². The SMILES string of the molecule is Cc1noc(-c2ccc(-c3ccc4c(C(=O)O)cccc4c3)cc2)c1NC(=O)OC(C)c1ccccc1. The van der Waals surface area contributed by atoms with Crippen LogP contribution in [0.25, 0.3) is 33.2 Å². The molecule has 1 heterocycles. The number of aromatic nitrogens is 1. The number of rotatable bonds is 6. The Bertz CT molecular complexity index is 1590. The van der Waals surface area contributed by atoms with Gasteiger partial charge in [0.25, 0.3) is 0 Å². The number of hydrogen-bond donors (Lipinski definition) is 2. The minimum Gasteiger partial charge on any atom is -0.478 e. The molecule has 0 saturated heterocycles. The number of fused-ring (bicyclic) bond motifs is 1. The lowest BCUT2D eigenvalue weighted by Crippen LogP contribution is -2.16. The number of benzene rings is 4. The van der Waals surface area contributed by atoms with Gasteiger partial charge in [-0.1, -0.05) is 84.0 Å². The first kappa shape index (κ1) is 23.8. The van der Waals surface area contributed by atoms with Crippen LogP contribution in [0.4, 0.5) is 10.5 Å². The topological polar surface area (TPSA) is 102 Å². The van der Waals surface area contributed by atoms with Crippen molar-refractivity contribution in [3.63, 3.8) is 0 Å². The van der Waals surface area contributed by atoms with Crippen LogP contribution in [0.15, 0.2) is 95.5 Å². The molecule has 5 rings (SSSR count). The number of nitrogens with zero attached hydrogens (tertiary/aromatic N) is 1. The zero-order valence-corrected chi connectivity index (χ0v) is 20.3. The van der Waals surface area contributed by atoms with E-state index in [4.69, 9.17) is 9.26 Å². The van der Waals surface area contributed by atoms with Crippen molar-refractivity contribution in [3.8, 4) is 22.5 Å². The second-order valence-corrected chi connectivity index (χ2v) is 8.68. The Labute approximate surface area is 213 Å². The van der Waals surface area contributed by atoms with Crippen LogP contribution in [0.5, 0.6) is 0 Å².